The molecule has 2 aromatic carbocycles. The summed E-state index contributed by atoms with van der Waals surface area (Å²) in [6, 6.07) is 11.6. The van der Waals surface area contributed by atoms with Gasteiger partial charge in [0.15, 0.2) is 11.7 Å². The highest BCUT2D eigenvalue weighted by atomic mass is 16.3. The summed E-state index contributed by atoms with van der Waals surface area (Å²) in [5, 5.41) is 19.6. The first-order chi connectivity index (χ1) is 17.7. The molecule has 1 aromatic heterocycles. The van der Waals surface area contributed by atoms with Crippen LogP contribution in [0.5, 0.6) is 5.88 Å². The van der Waals surface area contributed by atoms with Gasteiger partial charge in [-0.3, -0.25) is 9.98 Å². The Bertz CT molecular complexity index is 1760. The standard InChI is InChI=1S/C28H25N7O/c36-28-25-20(7-6-18(22(25)14-32-28)21-13-31-26-19(21)2-1-9-30-26)27-33-23-8-5-15(10-24(23)34-27)35-16-3-4-17(35)12-29-11-16/h1-2,5-10,13-14,16-17,19,26,29,32,36H,3-4,11-12H2. The predicted octanol–water partition coefficient (Wildman–Crippen LogP) is 0.651. The summed E-state index contributed by atoms with van der Waals surface area (Å²) in [4.78, 5) is 24.4. The van der Waals surface area contributed by atoms with E-state index in [4.69, 9.17) is 9.98 Å². The van der Waals surface area contributed by atoms with E-state index < -0.39 is 0 Å². The average Bonchev–Trinajstić information content (AvgIpc) is 3.67. The van der Waals surface area contributed by atoms with Crippen molar-refractivity contribution in [3.05, 3.63) is 69.8 Å². The molecular weight excluding hydrogens is 450 g/mol. The normalized spacial score (nSPS) is 30.5. The number of piperazine rings is 1. The van der Waals surface area contributed by atoms with Crippen LogP contribution >= 0.6 is 0 Å². The highest BCUT2D eigenvalue weighted by Gasteiger charge is 2.36. The first kappa shape index (κ1) is 20.2. The van der Waals surface area contributed by atoms with Crippen LogP contribution in [0.25, 0.3) is 22.2 Å². The zero-order valence-corrected chi connectivity index (χ0v) is 19.6. The van der Waals surface area contributed by atoms with Crippen molar-refractivity contribution in [3.63, 3.8) is 0 Å². The van der Waals surface area contributed by atoms with Gasteiger partial charge in [0, 0.05) is 66.0 Å². The number of fused-ring (bicyclic) bond motifs is 5. The summed E-state index contributed by atoms with van der Waals surface area (Å²) in [5.41, 5.74) is 2.33. The lowest BCUT2D eigenvalue weighted by atomic mass is 9.94. The quantitative estimate of drug-likeness (QED) is 0.482. The smallest absolute Gasteiger partial charge is 0.197 e. The van der Waals surface area contributed by atoms with Crippen LogP contribution in [0.2, 0.25) is 0 Å². The Morgan fingerprint density at radius 3 is 2.67 bits per heavy atom. The number of H-pyrrole nitrogens is 1. The number of allylic oxidation sites excluding steroid dienone is 1. The number of aromatic amines is 1. The molecule has 3 N–H and O–H groups in total. The molecule has 4 atom stereocenters. The minimum Gasteiger partial charge on any atom is -0.494 e. The summed E-state index contributed by atoms with van der Waals surface area (Å²) in [7, 11) is 0. The van der Waals surface area contributed by atoms with Crippen molar-refractivity contribution in [2.24, 2.45) is 25.9 Å². The third-order valence-electron chi connectivity index (χ3n) is 8.17. The zero-order chi connectivity index (χ0) is 23.8. The van der Waals surface area contributed by atoms with E-state index in [1.807, 2.05) is 24.6 Å². The minimum atomic E-state index is -0.101. The molecule has 0 radical (unpaired) electrons. The number of aromatic nitrogens is 1. The number of nitrogens with one attached hydrogen (secondary N) is 2. The van der Waals surface area contributed by atoms with E-state index in [1.165, 1.54) is 18.5 Å². The van der Waals surface area contributed by atoms with Crippen molar-refractivity contribution in [1.82, 2.24) is 10.3 Å². The second kappa shape index (κ2) is 7.48. The van der Waals surface area contributed by atoms with Crippen molar-refractivity contribution >= 4 is 40.3 Å². The lowest BCUT2D eigenvalue weighted by molar-refractivity contribution is 0.462. The fraction of sp³-hybridized carbons (Fsp3) is 0.286. The molecule has 8 rings (SSSR count). The van der Waals surface area contributed by atoms with Crippen LogP contribution in [0, 0.1) is 5.92 Å². The number of aromatic hydroxyl groups is 1. The minimum absolute atomic E-state index is 0.101. The van der Waals surface area contributed by atoms with Crippen molar-refractivity contribution < 1.29 is 5.11 Å². The Labute approximate surface area is 206 Å². The second-order valence-electron chi connectivity index (χ2n) is 10.1. The van der Waals surface area contributed by atoms with Gasteiger partial charge in [-0.15, -0.1) is 0 Å². The Balaban J connectivity index is 1.30. The van der Waals surface area contributed by atoms with Gasteiger partial charge in [0.05, 0.1) is 16.1 Å². The van der Waals surface area contributed by atoms with E-state index in [-0.39, 0.29) is 18.0 Å². The van der Waals surface area contributed by atoms with Crippen molar-refractivity contribution in [1.29, 1.82) is 0 Å². The maximum Gasteiger partial charge on any atom is 0.197 e. The summed E-state index contributed by atoms with van der Waals surface area (Å²) >= 11 is 0. The van der Waals surface area contributed by atoms with Gasteiger partial charge >= 0.3 is 0 Å². The predicted molar refractivity (Wildman–Crippen MR) is 140 cm³/mol. The molecule has 0 amide bonds. The third-order valence-corrected chi connectivity index (χ3v) is 8.17. The van der Waals surface area contributed by atoms with Gasteiger partial charge in [0.2, 0.25) is 0 Å². The molecule has 2 bridgehead atoms. The molecule has 4 unspecified atom stereocenters. The highest BCUT2D eigenvalue weighted by Crippen LogP contribution is 2.32. The molecule has 178 valence electrons. The SMILES string of the molecule is Oc1[nH]cc2c(=C3C=NC4N=CC=CC34)ccc(=C3N=c4ccc(N5C6CCC5CNC6)cc4=N3)c12. The van der Waals surface area contributed by atoms with Gasteiger partial charge < -0.3 is 20.3 Å². The molecule has 6 heterocycles. The molecule has 5 aliphatic rings. The maximum atomic E-state index is 10.8. The molecule has 3 aromatic rings. The summed E-state index contributed by atoms with van der Waals surface area (Å²) in [6.45, 7) is 2.08. The third kappa shape index (κ3) is 2.85. The van der Waals surface area contributed by atoms with E-state index in [2.05, 4.69) is 55.5 Å². The topological polar surface area (TPSA) is 101 Å². The van der Waals surface area contributed by atoms with Gasteiger partial charge in [-0.05, 0) is 54.0 Å². The molecule has 0 spiro atoms. The Morgan fingerprint density at radius 1 is 0.944 bits per heavy atom. The van der Waals surface area contributed by atoms with Crippen molar-refractivity contribution in [3.8, 4) is 5.88 Å². The highest BCUT2D eigenvalue weighted by molar-refractivity contribution is 6.09. The Morgan fingerprint density at radius 2 is 1.78 bits per heavy atom. The first-order valence-corrected chi connectivity index (χ1v) is 12.6. The molecule has 2 saturated heterocycles. The number of aliphatic imine (C=N–C) groups is 2. The molecular formula is C28H25N7O. The largest absolute Gasteiger partial charge is 0.494 e. The summed E-state index contributed by atoms with van der Waals surface area (Å²) in [6.07, 6.45) is 12.1. The van der Waals surface area contributed by atoms with E-state index in [1.54, 1.807) is 6.21 Å². The van der Waals surface area contributed by atoms with Crippen LogP contribution in [-0.2, 0) is 0 Å². The number of dihydropyridines is 1. The van der Waals surface area contributed by atoms with Gasteiger partial charge in [0.25, 0.3) is 0 Å². The maximum absolute atomic E-state index is 10.8. The average molecular weight is 476 g/mol. The fourth-order valence-electron chi connectivity index (χ4n) is 6.49. The lowest BCUT2D eigenvalue weighted by Gasteiger charge is -2.37. The van der Waals surface area contributed by atoms with Crippen LogP contribution in [0.4, 0.5) is 5.69 Å². The van der Waals surface area contributed by atoms with Gasteiger partial charge in [0.1, 0.15) is 6.17 Å². The van der Waals surface area contributed by atoms with Crippen LogP contribution in [0.1, 0.15) is 12.8 Å². The summed E-state index contributed by atoms with van der Waals surface area (Å²) < 4.78 is 0. The van der Waals surface area contributed by atoms with E-state index in [0.717, 1.165) is 50.6 Å². The molecule has 8 heteroatoms. The molecule has 36 heavy (non-hydrogen) atoms. The Hall–Kier alpha value is -4.04. The van der Waals surface area contributed by atoms with E-state index in [0.29, 0.717) is 17.9 Å². The number of nitrogens with zero attached hydrogens (tertiary/aromatic N) is 5. The van der Waals surface area contributed by atoms with Gasteiger partial charge in [-0.2, -0.15) is 0 Å². The molecule has 0 aliphatic carbocycles. The number of hydrogen-bond donors (Lipinski definition) is 3. The van der Waals surface area contributed by atoms with Crippen LogP contribution in [0.15, 0.2) is 68.7 Å². The number of hydrogen-bond acceptors (Lipinski definition) is 7. The van der Waals surface area contributed by atoms with Gasteiger partial charge in [-0.1, -0.05) is 12.1 Å². The fourth-order valence-corrected chi connectivity index (χ4v) is 6.49. The molecule has 8 nitrogen and oxygen atoms in total. The zero-order valence-electron chi connectivity index (χ0n) is 19.6. The number of anilines is 1. The van der Waals surface area contributed by atoms with Gasteiger partial charge in [-0.25, -0.2) is 9.98 Å². The van der Waals surface area contributed by atoms with Crippen LogP contribution < -0.4 is 31.4 Å². The molecule has 2 fully saturated rings. The molecule has 5 aliphatic heterocycles. The Kier molecular flexibility index (Phi) is 4.19. The van der Waals surface area contributed by atoms with E-state index in [9.17, 15) is 5.11 Å². The van der Waals surface area contributed by atoms with E-state index >= 15 is 0 Å². The number of rotatable bonds is 1. The monoisotopic (exact) mass is 475 g/mol. The molecule has 0 saturated carbocycles. The summed E-state index contributed by atoms with van der Waals surface area (Å²) in [5.74, 6) is 0.859. The lowest BCUT2D eigenvalue weighted by Crippen LogP contribution is -2.52. The second-order valence-corrected chi connectivity index (χ2v) is 10.1. The first-order valence-electron chi connectivity index (χ1n) is 12.6. The van der Waals surface area contributed by atoms with Crippen molar-refractivity contribution in [2.45, 2.75) is 31.1 Å². The van der Waals surface area contributed by atoms with Crippen molar-refractivity contribution in [2.75, 3.05) is 18.0 Å². The van der Waals surface area contributed by atoms with Crippen LogP contribution in [-0.4, -0.2) is 53.9 Å². The number of benzene rings is 2. The van der Waals surface area contributed by atoms with Crippen LogP contribution in [0.3, 0.4) is 0 Å².